The van der Waals surface area contributed by atoms with Crippen LogP contribution in [0.1, 0.15) is 19.4 Å². The Balaban J connectivity index is 2.81. The van der Waals surface area contributed by atoms with Crippen molar-refractivity contribution < 1.29 is 28.9 Å². The smallest absolute Gasteiger partial charge is 0.359 e. The predicted molar refractivity (Wildman–Crippen MR) is 70.0 cm³/mol. The maximum atomic E-state index is 11.7. The first-order valence-corrected chi connectivity index (χ1v) is 6.32. The molecule has 110 valence electrons. The van der Waals surface area contributed by atoms with E-state index in [1.807, 2.05) is 0 Å². The van der Waals surface area contributed by atoms with Crippen molar-refractivity contribution in [2.45, 2.75) is 26.6 Å². The van der Waals surface area contributed by atoms with Gasteiger partial charge in [0.25, 0.3) is 6.10 Å². The molecule has 0 atom stereocenters. The Labute approximate surface area is 117 Å². The first-order valence-electron chi connectivity index (χ1n) is 6.32. The lowest BCUT2D eigenvalue weighted by Crippen LogP contribution is -2.38. The molecule has 0 aromatic heterocycles. The molecule has 1 rings (SSSR count). The van der Waals surface area contributed by atoms with Crippen molar-refractivity contribution in [3.05, 3.63) is 29.8 Å². The number of hydrogen-bond donors (Lipinski definition) is 1. The minimum atomic E-state index is -1.45. The monoisotopic (exact) mass is 282 g/mol. The number of benzene rings is 1. The summed E-state index contributed by atoms with van der Waals surface area (Å²) in [7, 11) is 0. The molecule has 0 fully saturated rings. The Bertz CT molecular complexity index is 421. The SMILES string of the molecule is CCOC(=O)C(Oc1ccc(CO)cc1)C(=O)OCC. The minimum Gasteiger partial charge on any atom is -0.467 e. The number of hydrogen-bond acceptors (Lipinski definition) is 6. The van der Waals surface area contributed by atoms with Crippen LogP contribution in [0.15, 0.2) is 24.3 Å². The van der Waals surface area contributed by atoms with Crippen molar-refractivity contribution in [1.82, 2.24) is 0 Å². The van der Waals surface area contributed by atoms with E-state index in [0.717, 1.165) is 0 Å². The molecule has 0 aliphatic carbocycles. The summed E-state index contributed by atoms with van der Waals surface area (Å²) in [4.78, 5) is 23.4. The van der Waals surface area contributed by atoms with Crippen LogP contribution in [0.4, 0.5) is 0 Å². The lowest BCUT2D eigenvalue weighted by atomic mass is 10.2. The molecule has 0 heterocycles. The van der Waals surface area contributed by atoms with E-state index in [1.54, 1.807) is 38.1 Å². The second-order valence-corrected chi connectivity index (χ2v) is 3.80. The van der Waals surface area contributed by atoms with Crippen molar-refractivity contribution in [1.29, 1.82) is 0 Å². The Morgan fingerprint density at radius 1 is 1.05 bits per heavy atom. The van der Waals surface area contributed by atoms with Gasteiger partial charge in [-0.2, -0.15) is 0 Å². The molecule has 20 heavy (non-hydrogen) atoms. The van der Waals surface area contributed by atoms with Crippen molar-refractivity contribution >= 4 is 11.9 Å². The van der Waals surface area contributed by atoms with Gasteiger partial charge in [-0.15, -0.1) is 0 Å². The second kappa shape index (κ2) is 8.16. The molecule has 0 spiro atoms. The molecule has 0 saturated heterocycles. The lowest BCUT2D eigenvalue weighted by Gasteiger charge is -2.16. The Morgan fingerprint density at radius 2 is 1.55 bits per heavy atom. The zero-order valence-corrected chi connectivity index (χ0v) is 11.5. The summed E-state index contributed by atoms with van der Waals surface area (Å²) >= 11 is 0. The van der Waals surface area contributed by atoms with E-state index in [4.69, 9.17) is 19.3 Å². The Kier molecular flexibility index (Phi) is 6.52. The van der Waals surface area contributed by atoms with Gasteiger partial charge in [-0.05, 0) is 31.5 Å². The molecule has 0 saturated carbocycles. The summed E-state index contributed by atoms with van der Waals surface area (Å²) in [6.45, 7) is 3.45. The molecular formula is C14H18O6. The fourth-order valence-corrected chi connectivity index (χ4v) is 1.44. The van der Waals surface area contributed by atoms with Gasteiger partial charge in [0.2, 0.25) is 0 Å². The molecule has 0 unspecified atom stereocenters. The van der Waals surface area contributed by atoms with Gasteiger partial charge in [0.05, 0.1) is 19.8 Å². The van der Waals surface area contributed by atoms with E-state index >= 15 is 0 Å². The zero-order chi connectivity index (χ0) is 15.0. The fourth-order valence-electron chi connectivity index (χ4n) is 1.44. The number of carbonyl (C=O) groups is 2. The number of esters is 2. The van der Waals surface area contributed by atoms with Crippen molar-refractivity contribution in [3.8, 4) is 5.75 Å². The van der Waals surface area contributed by atoms with E-state index < -0.39 is 18.0 Å². The van der Waals surface area contributed by atoms with Crippen molar-refractivity contribution in [3.63, 3.8) is 0 Å². The van der Waals surface area contributed by atoms with Crippen LogP contribution < -0.4 is 4.74 Å². The highest BCUT2D eigenvalue weighted by molar-refractivity contribution is 5.98. The zero-order valence-electron chi connectivity index (χ0n) is 11.5. The summed E-state index contributed by atoms with van der Waals surface area (Å²) in [6, 6.07) is 6.36. The van der Waals surface area contributed by atoms with Gasteiger partial charge in [-0.3, -0.25) is 0 Å². The molecule has 0 aliphatic rings. The van der Waals surface area contributed by atoms with Gasteiger partial charge < -0.3 is 19.3 Å². The number of carbonyl (C=O) groups excluding carboxylic acids is 2. The average molecular weight is 282 g/mol. The van der Waals surface area contributed by atoms with E-state index in [-0.39, 0.29) is 19.8 Å². The Hall–Kier alpha value is -2.08. The van der Waals surface area contributed by atoms with Crippen LogP contribution in [0.25, 0.3) is 0 Å². The van der Waals surface area contributed by atoms with Gasteiger partial charge in [0.15, 0.2) is 0 Å². The summed E-state index contributed by atoms with van der Waals surface area (Å²) < 4.78 is 14.9. The van der Waals surface area contributed by atoms with Crippen LogP contribution in [0.5, 0.6) is 5.75 Å². The molecule has 0 bridgehead atoms. The van der Waals surface area contributed by atoms with Gasteiger partial charge in [0, 0.05) is 0 Å². The molecule has 0 aliphatic heterocycles. The van der Waals surface area contributed by atoms with Crippen LogP contribution in [0.3, 0.4) is 0 Å². The third-order valence-electron chi connectivity index (χ3n) is 2.36. The van der Waals surface area contributed by atoms with Crippen LogP contribution in [0, 0.1) is 0 Å². The third kappa shape index (κ3) is 4.55. The minimum absolute atomic E-state index is 0.0978. The van der Waals surface area contributed by atoms with Crippen molar-refractivity contribution in [2.75, 3.05) is 13.2 Å². The maximum absolute atomic E-state index is 11.7. The highest BCUT2D eigenvalue weighted by atomic mass is 16.6. The van der Waals surface area contributed by atoms with Gasteiger partial charge in [0.1, 0.15) is 5.75 Å². The van der Waals surface area contributed by atoms with E-state index in [0.29, 0.717) is 11.3 Å². The van der Waals surface area contributed by atoms with Crippen LogP contribution in [-0.2, 0) is 25.7 Å². The first-order chi connectivity index (χ1) is 9.62. The van der Waals surface area contributed by atoms with E-state index in [1.165, 1.54) is 0 Å². The predicted octanol–water partition coefficient (Wildman–Crippen LogP) is 1.05. The third-order valence-corrected chi connectivity index (χ3v) is 2.36. The first kappa shape index (κ1) is 16.0. The molecular weight excluding hydrogens is 264 g/mol. The number of rotatable bonds is 7. The molecule has 6 nitrogen and oxygen atoms in total. The lowest BCUT2D eigenvalue weighted by molar-refractivity contribution is -0.166. The van der Waals surface area contributed by atoms with Gasteiger partial charge >= 0.3 is 11.9 Å². The highest BCUT2D eigenvalue weighted by Gasteiger charge is 2.31. The quantitative estimate of drug-likeness (QED) is 0.594. The molecule has 6 heteroatoms. The second-order valence-electron chi connectivity index (χ2n) is 3.80. The number of aliphatic hydroxyl groups excluding tert-OH is 1. The average Bonchev–Trinajstić information content (AvgIpc) is 2.45. The van der Waals surface area contributed by atoms with Crippen LogP contribution in [0.2, 0.25) is 0 Å². The molecule has 1 aromatic rings. The molecule has 1 N–H and O–H groups in total. The summed E-state index contributed by atoms with van der Waals surface area (Å²) in [6.07, 6.45) is -1.45. The largest absolute Gasteiger partial charge is 0.467 e. The van der Waals surface area contributed by atoms with Gasteiger partial charge in [-0.25, -0.2) is 9.59 Å². The fraction of sp³-hybridized carbons (Fsp3) is 0.429. The van der Waals surface area contributed by atoms with Crippen LogP contribution in [-0.4, -0.2) is 36.4 Å². The number of ether oxygens (including phenoxy) is 3. The standard InChI is InChI=1S/C14H18O6/c1-3-18-13(16)12(14(17)19-4-2)20-11-7-5-10(9-15)6-8-11/h5-8,12,15H,3-4,9H2,1-2H3. The summed E-state index contributed by atoms with van der Waals surface area (Å²) in [5.41, 5.74) is 0.696. The summed E-state index contributed by atoms with van der Waals surface area (Å²) in [5.74, 6) is -1.28. The molecule has 0 amide bonds. The van der Waals surface area contributed by atoms with E-state index in [2.05, 4.69) is 0 Å². The van der Waals surface area contributed by atoms with Crippen molar-refractivity contribution in [2.24, 2.45) is 0 Å². The topological polar surface area (TPSA) is 82.1 Å². The normalized spacial score (nSPS) is 10.2. The number of aliphatic hydroxyl groups is 1. The highest BCUT2D eigenvalue weighted by Crippen LogP contribution is 2.15. The molecule has 0 radical (unpaired) electrons. The van der Waals surface area contributed by atoms with E-state index in [9.17, 15) is 9.59 Å². The molecule has 1 aromatic carbocycles. The Morgan fingerprint density at radius 3 is 1.95 bits per heavy atom. The van der Waals surface area contributed by atoms with Crippen LogP contribution >= 0.6 is 0 Å². The summed E-state index contributed by atoms with van der Waals surface area (Å²) in [5, 5.41) is 8.94. The van der Waals surface area contributed by atoms with Gasteiger partial charge in [-0.1, -0.05) is 12.1 Å². The maximum Gasteiger partial charge on any atom is 0.359 e.